The molecule has 0 saturated heterocycles. The molecule has 4 heteroatoms. The van der Waals surface area contributed by atoms with Gasteiger partial charge in [-0.25, -0.2) is 4.39 Å². The van der Waals surface area contributed by atoms with Crippen LogP contribution in [-0.4, -0.2) is 29.0 Å². The quantitative estimate of drug-likeness (QED) is 0.537. The summed E-state index contributed by atoms with van der Waals surface area (Å²) in [6.45, 7) is 6.40. The number of aliphatic hydroxyl groups is 1. The van der Waals surface area contributed by atoms with E-state index >= 15 is 0 Å². The van der Waals surface area contributed by atoms with E-state index in [1.807, 2.05) is 6.07 Å². The number of halogens is 1. The molecule has 0 bridgehead atoms. The first-order chi connectivity index (χ1) is 9.45. The minimum atomic E-state index is -0.197. The maximum Gasteiger partial charge on any atom is 0.124 e. The van der Waals surface area contributed by atoms with Gasteiger partial charge in [-0.1, -0.05) is 26.3 Å². The lowest BCUT2D eigenvalue weighted by Gasteiger charge is -2.31. The second-order valence-corrected chi connectivity index (χ2v) is 6.95. The summed E-state index contributed by atoms with van der Waals surface area (Å²) in [7, 11) is 0. The van der Waals surface area contributed by atoms with Crippen molar-refractivity contribution in [3.8, 4) is 0 Å². The van der Waals surface area contributed by atoms with Crippen molar-refractivity contribution >= 4 is 11.8 Å². The van der Waals surface area contributed by atoms with Crippen LogP contribution in [0.1, 0.15) is 40.0 Å². The van der Waals surface area contributed by atoms with Crippen molar-refractivity contribution in [2.45, 2.75) is 56.5 Å². The smallest absolute Gasteiger partial charge is 0.124 e. The largest absolute Gasteiger partial charge is 0.394 e. The summed E-state index contributed by atoms with van der Waals surface area (Å²) in [6, 6.07) is 7.09. The second kappa shape index (κ2) is 8.65. The van der Waals surface area contributed by atoms with E-state index in [2.05, 4.69) is 26.1 Å². The molecule has 1 aromatic carbocycles. The Hall–Kier alpha value is -0.580. The number of benzene rings is 1. The maximum atomic E-state index is 13.0. The highest BCUT2D eigenvalue weighted by Gasteiger charge is 2.22. The van der Waals surface area contributed by atoms with E-state index in [0.717, 1.165) is 29.9 Å². The summed E-state index contributed by atoms with van der Waals surface area (Å²) in [6.07, 6.45) is 3.07. The van der Waals surface area contributed by atoms with Gasteiger partial charge in [-0.05, 0) is 43.7 Å². The molecule has 20 heavy (non-hydrogen) atoms. The summed E-state index contributed by atoms with van der Waals surface area (Å²) in [5.74, 6) is 0.802. The van der Waals surface area contributed by atoms with E-state index in [1.54, 1.807) is 23.9 Å². The fourth-order valence-electron chi connectivity index (χ4n) is 2.26. The van der Waals surface area contributed by atoms with E-state index < -0.39 is 0 Å². The lowest BCUT2D eigenvalue weighted by molar-refractivity contribution is 0.154. The number of thioether (sulfide) groups is 1. The van der Waals surface area contributed by atoms with Gasteiger partial charge in [0.25, 0.3) is 0 Å². The average Bonchev–Trinajstić information content (AvgIpc) is 2.37. The lowest BCUT2D eigenvalue weighted by Crippen LogP contribution is -2.49. The van der Waals surface area contributed by atoms with Gasteiger partial charge in [0.2, 0.25) is 0 Å². The Morgan fingerprint density at radius 2 is 2.10 bits per heavy atom. The zero-order valence-electron chi connectivity index (χ0n) is 12.7. The van der Waals surface area contributed by atoms with Gasteiger partial charge in [-0.2, -0.15) is 0 Å². The highest BCUT2D eigenvalue weighted by atomic mass is 32.2. The van der Waals surface area contributed by atoms with Crippen molar-refractivity contribution < 1.29 is 9.50 Å². The minimum absolute atomic E-state index is 0.155. The van der Waals surface area contributed by atoms with Gasteiger partial charge in [0.05, 0.1) is 6.61 Å². The molecule has 0 fully saturated rings. The van der Waals surface area contributed by atoms with Crippen molar-refractivity contribution in [3.63, 3.8) is 0 Å². The molecule has 1 unspecified atom stereocenters. The van der Waals surface area contributed by atoms with Crippen LogP contribution in [0.2, 0.25) is 0 Å². The van der Waals surface area contributed by atoms with E-state index in [0.29, 0.717) is 6.04 Å². The molecular weight excluding hydrogens is 273 g/mol. The Bertz CT molecular complexity index is 400. The van der Waals surface area contributed by atoms with Gasteiger partial charge in [0.1, 0.15) is 5.82 Å². The number of nitrogens with one attached hydrogen (secondary N) is 1. The van der Waals surface area contributed by atoms with Crippen LogP contribution < -0.4 is 5.32 Å². The summed E-state index contributed by atoms with van der Waals surface area (Å²) in [4.78, 5) is 0.982. The normalized spacial score (nSPS) is 14.5. The fraction of sp³-hybridized carbons (Fsp3) is 0.625. The zero-order chi connectivity index (χ0) is 15.0. The molecular formula is C16H26FNOS. The summed E-state index contributed by atoms with van der Waals surface area (Å²) in [5.41, 5.74) is -0.197. The summed E-state index contributed by atoms with van der Waals surface area (Å²) >= 11 is 1.68. The molecule has 0 radical (unpaired) electrons. The van der Waals surface area contributed by atoms with Crippen molar-refractivity contribution in [1.29, 1.82) is 0 Å². The topological polar surface area (TPSA) is 32.3 Å². The number of hydrogen-bond donors (Lipinski definition) is 2. The van der Waals surface area contributed by atoms with Crippen LogP contribution in [0.5, 0.6) is 0 Å². The van der Waals surface area contributed by atoms with Crippen LogP contribution in [0, 0.1) is 5.82 Å². The highest BCUT2D eigenvalue weighted by Crippen LogP contribution is 2.21. The molecule has 0 amide bonds. The molecule has 2 nitrogen and oxygen atoms in total. The van der Waals surface area contributed by atoms with Gasteiger partial charge >= 0.3 is 0 Å². The maximum absolute atomic E-state index is 13.0. The van der Waals surface area contributed by atoms with Crippen LogP contribution in [0.3, 0.4) is 0 Å². The van der Waals surface area contributed by atoms with E-state index in [9.17, 15) is 9.50 Å². The van der Waals surface area contributed by atoms with Crippen molar-refractivity contribution in [3.05, 3.63) is 30.1 Å². The molecule has 0 spiro atoms. The molecule has 0 saturated carbocycles. The van der Waals surface area contributed by atoms with Gasteiger partial charge in [-0.3, -0.25) is 0 Å². The van der Waals surface area contributed by atoms with Gasteiger partial charge in [0.15, 0.2) is 0 Å². The molecule has 0 aliphatic rings. The number of aliphatic hydroxyl groups excluding tert-OH is 1. The SMILES string of the molecule is CC(C)NC(C)(CO)CCCCSc1cccc(F)c1. The third-order valence-corrected chi connectivity index (χ3v) is 4.25. The lowest BCUT2D eigenvalue weighted by atomic mass is 9.95. The van der Waals surface area contributed by atoms with Crippen LogP contribution in [0.15, 0.2) is 29.2 Å². The Kier molecular flexibility index (Phi) is 7.56. The van der Waals surface area contributed by atoms with Crippen molar-refractivity contribution in [1.82, 2.24) is 5.32 Å². The Labute approximate surface area is 126 Å². The van der Waals surface area contributed by atoms with Crippen LogP contribution in [0.25, 0.3) is 0 Å². The molecule has 2 N–H and O–H groups in total. The van der Waals surface area contributed by atoms with Crippen LogP contribution in [0.4, 0.5) is 4.39 Å². The first-order valence-electron chi connectivity index (χ1n) is 7.22. The molecule has 0 aromatic heterocycles. The van der Waals surface area contributed by atoms with Gasteiger partial charge in [-0.15, -0.1) is 11.8 Å². The molecule has 1 aromatic rings. The van der Waals surface area contributed by atoms with Crippen molar-refractivity contribution in [2.24, 2.45) is 0 Å². The van der Waals surface area contributed by atoms with E-state index in [1.165, 1.54) is 6.07 Å². The standard InChI is InChI=1S/C16H26FNOS/c1-13(2)18-16(3,12-19)9-4-5-10-20-15-8-6-7-14(17)11-15/h6-8,11,13,18-19H,4-5,9-10,12H2,1-3H3. The molecule has 1 atom stereocenters. The third-order valence-electron chi connectivity index (χ3n) is 3.17. The molecule has 114 valence electrons. The molecule has 0 heterocycles. The van der Waals surface area contributed by atoms with Gasteiger partial charge in [0, 0.05) is 16.5 Å². The predicted molar refractivity (Wildman–Crippen MR) is 84.7 cm³/mol. The average molecular weight is 299 g/mol. The van der Waals surface area contributed by atoms with Crippen molar-refractivity contribution in [2.75, 3.05) is 12.4 Å². The second-order valence-electron chi connectivity index (χ2n) is 5.78. The van der Waals surface area contributed by atoms with E-state index in [-0.39, 0.29) is 18.0 Å². The number of unbranched alkanes of at least 4 members (excludes halogenated alkanes) is 1. The number of hydrogen-bond acceptors (Lipinski definition) is 3. The third kappa shape index (κ3) is 6.73. The number of rotatable bonds is 9. The fourth-order valence-corrected chi connectivity index (χ4v) is 3.21. The molecule has 0 aliphatic heterocycles. The van der Waals surface area contributed by atoms with Gasteiger partial charge < -0.3 is 10.4 Å². The van der Waals surface area contributed by atoms with Crippen LogP contribution in [-0.2, 0) is 0 Å². The minimum Gasteiger partial charge on any atom is -0.394 e. The zero-order valence-corrected chi connectivity index (χ0v) is 13.5. The van der Waals surface area contributed by atoms with E-state index in [4.69, 9.17) is 0 Å². The summed E-state index contributed by atoms with van der Waals surface area (Å²) in [5, 5.41) is 12.9. The molecule has 1 rings (SSSR count). The highest BCUT2D eigenvalue weighted by molar-refractivity contribution is 7.99. The first kappa shape index (κ1) is 17.5. The monoisotopic (exact) mass is 299 g/mol. The summed E-state index contributed by atoms with van der Waals surface area (Å²) < 4.78 is 13.0. The predicted octanol–water partition coefficient (Wildman–Crippen LogP) is 3.84. The Morgan fingerprint density at radius 3 is 2.70 bits per heavy atom. The molecule has 0 aliphatic carbocycles. The van der Waals surface area contributed by atoms with Crippen LogP contribution >= 0.6 is 11.8 Å². The first-order valence-corrected chi connectivity index (χ1v) is 8.21. The Morgan fingerprint density at radius 1 is 1.35 bits per heavy atom. The Balaban J connectivity index is 2.24.